The van der Waals surface area contributed by atoms with Crippen LogP contribution >= 0.6 is 0 Å². The Hall–Kier alpha value is -1.61. The molecule has 0 fully saturated rings. The van der Waals surface area contributed by atoms with Gasteiger partial charge in [-0.3, -0.25) is 4.68 Å². The van der Waals surface area contributed by atoms with E-state index in [1.807, 2.05) is 10.9 Å². The zero-order chi connectivity index (χ0) is 15.2. The lowest BCUT2D eigenvalue weighted by atomic mass is 9.92. The number of nitrogens with one attached hydrogen (secondary N) is 1. The van der Waals surface area contributed by atoms with E-state index in [-0.39, 0.29) is 0 Å². The van der Waals surface area contributed by atoms with Crippen LogP contribution in [-0.2, 0) is 13.0 Å². The van der Waals surface area contributed by atoms with Gasteiger partial charge in [0.25, 0.3) is 0 Å². The smallest absolute Gasteiger partial charge is 0.0521 e. The Balaban J connectivity index is 2.12. The van der Waals surface area contributed by atoms with E-state index in [9.17, 15) is 0 Å². The second kappa shape index (κ2) is 7.41. The molecule has 1 aromatic heterocycles. The first kappa shape index (κ1) is 15.8. The highest BCUT2D eigenvalue weighted by Gasteiger charge is 2.14. The molecule has 0 bridgehead atoms. The van der Waals surface area contributed by atoms with Crippen molar-refractivity contribution in [2.75, 3.05) is 6.54 Å². The molecule has 0 spiro atoms. The summed E-state index contributed by atoms with van der Waals surface area (Å²) in [5, 5.41) is 7.96. The lowest BCUT2D eigenvalue weighted by molar-refractivity contribution is 0.526. The quantitative estimate of drug-likeness (QED) is 0.843. The Morgan fingerprint density at radius 1 is 1.19 bits per heavy atom. The second-order valence-electron chi connectivity index (χ2n) is 6.08. The van der Waals surface area contributed by atoms with Gasteiger partial charge < -0.3 is 5.32 Å². The summed E-state index contributed by atoms with van der Waals surface area (Å²) in [5.74, 6) is 0.488. The molecule has 1 heterocycles. The van der Waals surface area contributed by atoms with Crippen molar-refractivity contribution in [3.05, 3.63) is 53.3 Å². The minimum atomic E-state index is 0.488. The Morgan fingerprint density at radius 3 is 2.48 bits per heavy atom. The summed E-state index contributed by atoms with van der Waals surface area (Å²) in [6.45, 7) is 10.6. The van der Waals surface area contributed by atoms with Gasteiger partial charge in [0, 0.05) is 31.2 Å². The average Bonchev–Trinajstić information content (AvgIpc) is 2.92. The minimum absolute atomic E-state index is 0.488. The Labute approximate surface area is 128 Å². The molecule has 0 amide bonds. The first-order valence-electron chi connectivity index (χ1n) is 7.89. The fraction of sp³-hybridized carbons (Fsp3) is 0.500. The first-order valence-corrected chi connectivity index (χ1v) is 7.89. The molecule has 1 aromatic carbocycles. The van der Waals surface area contributed by atoms with E-state index in [1.54, 1.807) is 0 Å². The maximum Gasteiger partial charge on any atom is 0.0521 e. The summed E-state index contributed by atoms with van der Waals surface area (Å²) in [6.07, 6.45) is 5.19. The van der Waals surface area contributed by atoms with Gasteiger partial charge in [-0.25, -0.2) is 0 Å². The number of hydrogen-bond donors (Lipinski definition) is 1. The predicted molar refractivity (Wildman–Crippen MR) is 88.7 cm³/mol. The van der Waals surface area contributed by atoms with Crippen LogP contribution in [0.1, 0.15) is 43.4 Å². The standard InChI is InChI=1S/C18H27N3/c1-5-21-13-16(11-20-21)10-18(12-19-14(2)3)17-8-6-15(4)7-9-17/h6-9,11,13-14,18-19H,5,10,12H2,1-4H3. The summed E-state index contributed by atoms with van der Waals surface area (Å²) in [6, 6.07) is 9.43. The number of rotatable bonds is 7. The number of nitrogens with zero attached hydrogens (tertiary/aromatic N) is 2. The molecule has 0 radical (unpaired) electrons. The van der Waals surface area contributed by atoms with Crippen molar-refractivity contribution in [1.29, 1.82) is 0 Å². The summed E-state index contributed by atoms with van der Waals surface area (Å²) in [7, 11) is 0. The highest BCUT2D eigenvalue weighted by atomic mass is 15.3. The molecule has 0 aliphatic rings. The van der Waals surface area contributed by atoms with Crippen molar-refractivity contribution >= 4 is 0 Å². The first-order chi connectivity index (χ1) is 10.1. The van der Waals surface area contributed by atoms with Gasteiger partial charge in [0.1, 0.15) is 0 Å². The van der Waals surface area contributed by atoms with Gasteiger partial charge in [-0.15, -0.1) is 0 Å². The van der Waals surface area contributed by atoms with Crippen molar-refractivity contribution < 1.29 is 0 Å². The van der Waals surface area contributed by atoms with Crippen LogP contribution in [0.15, 0.2) is 36.7 Å². The molecule has 0 saturated heterocycles. The van der Waals surface area contributed by atoms with Crippen LogP contribution in [0.5, 0.6) is 0 Å². The van der Waals surface area contributed by atoms with Crippen LogP contribution in [0.3, 0.4) is 0 Å². The summed E-state index contributed by atoms with van der Waals surface area (Å²) >= 11 is 0. The third-order valence-corrected chi connectivity index (χ3v) is 3.81. The third kappa shape index (κ3) is 4.71. The molecule has 3 heteroatoms. The molecule has 21 heavy (non-hydrogen) atoms. The third-order valence-electron chi connectivity index (χ3n) is 3.81. The van der Waals surface area contributed by atoms with Crippen LogP contribution < -0.4 is 5.32 Å². The van der Waals surface area contributed by atoms with Crippen molar-refractivity contribution in [1.82, 2.24) is 15.1 Å². The highest BCUT2D eigenvalue weighted by molar-refractivity contribution is 5.26. The molecule has 114 valence electrons. The van der Waals surface area contributed by atoms with E-state index in [1.165, 1.54) is 16.7 Å². The molecule has 3 nitrogen and oxygen atoms in total. The van der Waals surface area contributed by atoms with E-state index in [0.717, 1.165) is 19.5 Å². The summed E-state index contributed by atoms with van der Waals surface area (Å²) in [5.41, 5.74) is 4.03. The number of hydrogen-bond acceptors (Lipinski definition) is 2. The molecule has 1 unspecified atom stereocenters. The van der Waals surface area contributed by atoms with Gasteiger partial charge in [0.2, 0.25) is 0 Å². The monoisotopic (exact) mass is 285 g/mol. The van der Waals surface area contributed by atoms with Crippen LogP contribution in [0.2, 0.25) is 0 Å². The van der Waals surface area contributed by atoms with Crippen LogP contribution in [-0.4, -0.2) is 22.4 Å². The molecule has 1 atom stereocenters. The van der Waals surface area contributed by atoms with Crippen LogP contribution in [0, 0.1) is 6.92 Å². The van der Waals surface area contributed by atoms with Crippen molar-refractivity contribution in [3.63, 3.8) is 0 Å². The lowest BCUT2D eigenvalue weighted by Crippen LogP contribution is -2.28. The van der Waals surface area contributed by atoms with Gasteiger partial charge in [0.05, 0.1) is 6.20 Å². The Morgan fingerprint density at radius 2 is 1.90 bits per heavy atom. The molecule has 0 aliphatic heterocycles. The van der Waals surface area contributed by atoms with Gasteiger partial charge in [-0.2, -0.15) is 5.10 Å². The van der Waals surface area contributed by atoms with Gasteiger partial charge in [0.15, 0.2) is 0 Å². The van der Waals surface area contributed by atoms with Crippen molar-refractivity contribution in [2.24, 2.45) is 0 Å². The zero-order valence-electron chi connectivity index (χ0n) is 13.6. The SMILES string of the molecule is CCn1cc(CC(CNC(C)C)c2ccc(C)cc2)cn1. The van der Waals surface area contributed by atoms with Crippen LogP contribution in [0.25, 0.3) is 0 Å². The maximum atomic E-state index is 4.39. The zero-order valence-corrected chi connectivity index (χ0v) is 13.6. The van der Waals surface area contributed by atoms with E-state index < -0.39 is 0 Å². The van der Waals surface area contributed by atoms with E-state index >= 15 is 0 Å². The molecule has 2 rings (SSSR count). The Bertz CT molecular complexity index is 540. The largest absolute Gasteiger partial charge is 0.314 e. The molecular formula is C18H27N3. The molecule has 0 aliphatic carbocycles. The van der Waals surface area contributed by atoms with E-state index in [4.69, 9.17) is 0 Å². The molecular weight excluding hydrogens is 258 g/mol. The maximum absolute atomic E-state index is 4.39. The second-order valence-corrected chi connectivity index (χ2v) is 6.08. The van der Waals surface area contributed by atoms with Crippen molar-refractivity contribution in [2.45, 2.75) is 52.6 Å². The van der Waals surface area contributed by atoms with E-state index in [0.29, 0.717) is 12.0 Å². The van der Waals surface area contributed by atoms with Gasteiger partial charge in [-0.05, 0) is 31.4 Å². The predicted octanol–water partition coefficient (Wildman–Crippen LogP) is 3.54. The fourth-order valence-corrected chi connectivity index (χ4v) is 2.49. The highest BCUT2D eigenvalue weighted by Crippen LogP contribution is 2.21. The van der Waals surface area contributed by atoms with Gasteiger partial charge in [-0.1, -0.05) is 43.7 Å². The number of benzene rings is 1. The van der Waals surface area contributed by atoms with Crippen molar-refractivity contribution in [3.8, 4) is 0 Å². The number of aryl methyl sites for hydroxylation is 2. The fourth-order valence-electron chi connectivity index (χ4n) is 2.49. The summed E-state index contributed by atoms with van der Waals surface area (Å²) in [4.78, 5) is 0. The molecule has 2 aromatic rings. The van der Waals surface area contributed by atoms with Gasteiger partial charge >= 0.3 is 0 Å². The lowest BCUT2D eigenvalue weighted by Gasteiger charge is -2.19. The number of aromatic nitrogens is 2. The summed E-state index contributed by atoms with van der Waals surface area (Å²) < 4.78 is 2.00. The average molecular weight is 285 g/mol. The van der Waals surface area contributed by atoms with Crippen LogP contribution in [0.4, 0.5) is 0 Å². The Kier molecular flexibility index (Phi) is 5.57. The minimum Gasteiger partial charge on any atom is -0.314 e. The molecule has 0 saturated carbocycles. The topological polar surface area (TPSA) is 29.9 Å². The normalized spacial score (nSPS) is 12.8. The molecule has 1 N–H and O–H groups in total. The van der Waals surface area contributed by atoms with E-state index in [2.05, 4.69) is 68.6 Å².